The Kier molecular flexibility index (Phi) is 8.05. The molecular formula is C12H17ClO. The first-order chi connectivity index (χ1) is 6.76. The van der Waals surface area contributed by atoms with E-state index in [0.29, 0.717) is 12.5 Å². The van der Waals surface area contributed by atoms with Crippen molar-refractivity contribution in [1.29, 1.82) is 0 Å². The van der Waals surface area contributed by atoms with Crippen molar-refractivity contribution in [3.8, 4) is 5.75 Å². The van der Waals surface area contributed by atoms with Crippen molar-refractivity contribution in [2.24, 2.45) is 0 Å². The highest BCUT2D eigenvalue weighted by Gasteiger charge is 1.94. The predicted molar refractivity (Wildman–Crippen MR) is 63.3 cm³/mol. The number of aryl methyl sites for hydroxylation is 1. The van der Waals surface area contributed by atoms with Crippen LogP contribution in [0.5, 0.6) is 5.75 Å². The molecular weight excluding hydrogens is 196 g/mol. The van der Waals surface area contributed by atoms with Crippen molar-refractivity contribution in [3.63, 3.8) is 0 Å². The zero-order chi connectivity index (χ0) is 10.8. The molecule has 0 N–H and O–H groups in total. The Balaban J connectivity index is 0.000000500. The van der Waals surface area contributed by atoms with Crippen LogP contribution >= 0.6 is 11.6 Å². The maximum atomic E-state index is 5.48. The number of alkyl halides is 1. The first-order valence-corrected chi connectivity index (χ1v) is 5.11. The zero-order valence-corrected chi connectivity index (χ0v) is 9.55. The van der Waals surface area contributed by atoms with Gasteiger partial charge in [-0.15, -0.1) is 18.2 Å². The number of para-hydroxylation sites is 1. The summed E-state index contributed by atoms with van der Waals surface area (Å²) in [7, 11) is 0. The zero-order valence-electron chi connectivity index (χ0n) is 8.79. The second-order valence-corrected chi connectivity index (χ2v) is 3.09. The summed E-state index contributed by atoms with van der Waals surface area (Å²) in [4.78, 5) is 0. The van der Waals surface area contributed by atoms with Gasteiger partial charge in [-0.25, -0.2) is 0 Å². The topological polar surface area (TPSA) is 9.23 Å². The van der Waals surface area contributed by atoms with Crippen LogP contribution in [0.25, 0.3) is 0 Å². The van der Waals surface area contributed by atoms with Crippen molar-refractivity contribution in [2.75, 3.05) is 12.5 Å². The van der Waals surface area contributed by atoms with Crippen LogP contribution in [0.15, 0.2) is 36.9 Å². The summed E-state index contributed by atoms with van der Waals surface area (Å²) >= 11 is 5.48. The number of allylic oxidation sites excluding steroid dienone is 1. The van der Waals surface area contributed by atoms with E-state index in [-0.39, 0.29) is 0 Å². The highest BCUT2D eigenvalue weighted by Crippen LogP contribution is 2.15. The van der Waals surface area contributed by atoms with Gasteiger partial charge in [-0.3, -0.25) is 0 Å². The Morgan fingerprint density at radius 3 is 2.50 bits per heavy atom. The number of rotatable bonds is 3. The van der Waals surface area contributed by atoms with E-state index < -0.39 is 0 Å². The lowest BCUT2D eigenvalue weighted by Crippen LogP contribution is -1.98. The standard InChI is InChI=1S/C9H11ClO.C3H6/c1-8-4-2-3-5-9(8)11-7-6-10;1-3-2/h2-5H,6-7H2,1H3;3H,1H2,2H3. The number of hydrogen-bond acceptors (Lipinski definition) is 1. The lowest BCUT2D eigenvalue weighted by molar-refractivity contribution is 0.340. The third-order valence-corrected chi connectivity index (χ3v) is 1.58. The molecule has 0 aliphatic carbocycles. The minimum atomic E-state index is 0.536. The molecule has 0 aliphatic heterocycles. The highest BCUT2D eigenvalue weighted by molar-refractivity contribution is 6.18. The molecule has 0 atom stereocenters. The van der Waals surface area contributed by atoms with Gasteiger partial charge >= 0.3 is 0 Å². The van der Waals surface area contributed by atoms with Crippen molar-refractivity contribution in [2.45, 2.75) is 13.8 Å². The van der Waals surface area contributed by atoms with Crippen molar-refractivity contribution in [3.05, 3.63) is 42.5 Å². The van der Waals surface area contributed by atoms with Gasteiger partial charge in [0.15, 0.2) is 0 Å². The summed E-state index contributed by atoms with van der Waals surface area (Å²) in [5.74, 6) is 1.46. The fourth-order valence-corrected chi connectivity index (χ4v) is 0.944. The first kappa shape index (κ1) is 13.1. The molecule has 0 unspecified atom stereocenters. The van der Waals surface area contributed by atoms with Gasteiger partial charge in [0.05, 0.1) is 5.88 Å². The second-order valence-electron chi connectivity index (χ2n) is 2.71. The lowest BCUT2D eigenvalue weighted by atomic mass is 10.2. The molecule has 0 fully saturated rings. The van der Waals surface area contributed by atoms with E-state index in [1.807, 2.05) is 38.1 Å². The maximum absolute atomic E-state index is 5.48. The minimum Gasteiger partial charge on any atom is -0.492 e. The SMILES string of the molecule is C=CC.Cc1ccccc1OCCCl. The maximum Gasteiger partial charge on any atom is 0.122 e. The second kappa shape index (κ2) is 8.64. The summed E-state index contributed by atoms with van der Waals surface area (Å²) in [5, 5.41) is 0. The molecule has 14 heavy (non-hydrogen) atoms. The molecule has 0 aromatic heterocycles. The number of benzene rings is 1. The van der Waals surface area contributed by atoms with Crippen molar-refractivity contribution < 1.29 is 4.74 Å². The van der Waals surface area contributed by atoms with Gasteiger partial charge in [-0.1, -0.05) is 24.3 Å². The van der Waals surface area contributed by atoms with Crippen molar-refractivity contribution >= 4 is 11.6 Å². The van der Waals surface area contributed by atoms with E-state index in [2.05, 4.69) is 6.58 Å². The predicted octanol–water partition coefficient (Wildman–Crippen LogP) is 3.80. The van der Waals surface area contributed by atoms with Gasteiger partial charge < -0.3 is 4.74 Å². The largest absolute Gasteiger partial charge is 0.492 e. The molecule has 0 saturated heterocycles. The van der Waals surface area contributed by atoms with Gasteiger partial charge in [-0.2, -0.15) is 0 Å². The Labute approximate surface area is 91.4 Å². The summed E-state index contributed by atoms with van der Waals surface area (Å²) in [6.45, 7) is 7.84. The average molecular weight is 213 g/mol. The molecule has 1 nitrogen and oxygen atoms in total. The molecule has 2 heteroatoms. The van der Waals surface area contributed by atoms with Gasteiger partial charge in [-0.05, 0) is 25.5 Å². The third kappa shape index (κ3) is 5.65. The molecule has 0 amide bonds. The Morgan fingerprint density at radius 2 is 2.00 bits per heavy atom. The average Bonchev–Trinajstić information content (AvgIpc) is 2.18. The van der Waals surface area contributed by atoms with Crippen molar-refractivity contribution in [1.82, 2.24) is 0 Å². The van der Waals surface area contributed by atoms with Crippen LogP contribution in [0.4, 0.5) is 0 Å². The highest BCUT2D eigenvalue weighted by atomic mass is 35.5. The molecule has 0 saturated carbocycles. The third-order valence-electron chi connectivity index (χ3n) is 1.43. The molecule has 0 bridgehead atoms. The minimum absolute atomic E-state index is 0.536. The number of ether oxygens (including phenoxy) is 1. The quantitative estimate of drug-likeness (QED) is 0.547. The van der Waals surface area contributed by atoms with Crippen LogP contribution in [-0.4, -0.2) is 12.5 Å². The Bertz CT molecular complexity index is 258. The molecule has 0 radical (unpaired) electrons. The summed E-state index contributed by atoms with van der Waals surface area (Å²) < 4.78 is 5.35. The van der Waals surface area contributed by atoms with E-state index in [1.165, 1.54) is 0 Å². The summed E-state index contributed by atoms with van der Waals surface area (Å²) in [6.07, 6.45) is 1.75. The van der Waals surface area contributed by atoms with Gasteiger partial charge in [0.25, 0.3) is 0 Å². The fraction of sp³-hybridized carbons (Fsp3) is 0.333. The van der Waals surface area contributed by atoms with Crippen LogP contribution in [0, 0.1) is 6.92 Å². The summed E-state index contributed by atoms with van der Waals surface area (Å²) in [6, 6.07) is 7.91. The van der Waals surface area contributed by atoms with E-state index in [4.69, 9.17) is 16.3 Å². The van der Waals surface area contributed by atoms with E-state index in [1.54, 1.807) is 6.08 Å². The number of halogens is 1. The van der Waals surface area contributed by atoms with Gasteiger partial charge in [0.2, 0.25) is 0 Å². The van der Waals surface area contributed by atoms with Crippen LogP contribution in [0.3, 0.4) is 0 Å². The first-order valence-electron chi connectivity index (χ1n) is 4.57. The molecule has 0 spiro atoms. The molecule has 1 aromatic carbocycles. The van der Waals surface area contributed by atoms with Crippen LogP contribution in [0.2, 0.25) is 0 Å². The normalized spacial score (nSPS) is 8.50. The van der Waals surface area contributed by atoms with E-state index in [0.717, 1.165) is 11.3 Å². The molecule has 0 heterocycles. The molecule has 0 aliphatic rings. The molecule has 78 valence electrons. The van der Waals surface area contributed by atoms with Gasteiger partial charge in [0.1, 0.15) is 12.4 Å². The Morgan fingerprint density at radius 1 is 1.43 bits per heavy atom. The van der Waals surface area contributed by atoms with Crippen LogP contribution in [-0.2, 0) is 0 Å². The van der Waals surface area contributed by atoms with E-state index >= 15 is 0 Å². The molecule has 1 rings (SSSR count). The Hall–Kier alpha value is -0.950. The van der Waals surface area contributed by atoms with E-state index in [9.17, 15) is 0 Å². The number of hydrogen-bond donors (Lipinski definition) is 0. The lowest BCUT2D eigenvalue weighted by Gasteiger charge is -2.05. The monoisotopic (exact) mass is 212 g/mol. The fourth-order valence-electron chi connectivity index (χ4n) is 0.867. The van der Waals surface area contributed by atoms with Crippen LogP contribution < -0.4 is 4.74 Å². The smallest absolute Gasteiger partial charge is 0.122 e. The van der Waals surface area contributed by atoms with Crippen LogP contribution in [0.1, 0.15) is 12.5 Å². The molecule has 1 aromatic rings. The summed E-state index contributed by atoms with van der Waals surface area (Å²) in [5.41, 5.74) is 1.15. The van der Waals surface area contributed by atoms with Gasteiger partial charge in [0, 0.05) is 0 Å².